The molecule has 0 radical (unpaired) electrons. The van der Waals surface area contributed by atoms with Gasteiger partial charge in [0.25, 0.3) is 0 Å². The third kappa shape index (κ3) is 3.93. The summed E-state index contributed by atoms with van der Waals surface area (Å²) in [5.74, 6) is 2.65. The molecule has 1 unspecified atom stereocenters. The van der Waals surface area contributed by atoms with Crippen LogP contribution in [-0.2, 0) is 0 Å². The molecule has 2 aromatic rings. The van der Waals surface area contributed by atoms with Crippen LogP contribution in [0, 0.1) is 5.92 Å². The van der Waals surface area contributed by atoms with Gasteiger partial charge in [-0.2, -0.15) is 4.98 Å². The summed E-state index contributed by atoms with van der Waals surface area (Å²) in [5.41, 5.74) is 7.08. The predicted molar refractivity (Wildman–Crippen MR) is 94.6 cm³/mol. The van der Waals surface area contributed by atoms with Gasteiger partial charge in [-0.3, -0.25) is 4.99 Å². The second kappa shape index (κ2) is 7.47. The van der Waals surface area contributed by atoms with Crippen molar-refractivity contribution in [3.63, 3.8) is 0 Å². The largest absolute Gasteiger partial charge is 0.370 e. The maximum atomic E-state index is 6.13. The van der Waals surface area contributed by atoms with Crippen LogP contribution in [-0.4, -0.2) is 40.6 Å². The second-order valence-corrected chi connectivity index (χ2v) is 6.59. The molecule has 1 aliphatic rings. The molecule has 1 atom stereocenters. The number of hydrogen-bond acceptors (Lipinski definition) is 4. The average molecular weight is 327 g/mol. The number of piperidine rings is 1. The van der Waals surface area contributed by atoms with Gasteiger partial charge in [0.15, 0.2) is 5.96 Å². The lowest BCUT2D eigenvalue weighted by Crippen LogP contribution is -2.42. The van der Waals surface area contributed by atoms with E-state index >= 15 is 0 Å². The molecule has 128 valence electrons. The minimum Gasteiger partial charge on any atom is -0.370 e. The van der Waals surface area contributed by atoms with Crippen LogP contribution < -0.4 is 5.73 Å². The molecule has 2 N–H and O–H groups in total. The molecule has 1 aliphatic heterocycles. The van der Waals surface area contributed by atoms with Gasteiger partial charge in [-0.05, 0) is 18.8 Å². The number of benzene rings is 1. The summed E-state index contributed by atoms with van der Waals surface area (Å²) in [4.78, 5) is 11.2. The van der Waals surface area contributed by atoms with E-state index in [1.54, 1.807) is 0 Å². The van der Waals surface area contributed by atoms with E-state index in [-0.39, 0.29) is 5.92 Å². The van der Waals surface area contributed by atoms with Crippen LogP contribution in [0.2, 0.25) is 0 Å². The topological polar surface area (TPSA) is 80.5 Å². The van der Waals surface area contributed by atoms with E-state index in [4.69, 9.17) is 10.3 Å². The van der Waals surface area contributed by atoms with E-state index in [2.05, 4.69) is 27.0 Å². The van der Waals surface area contributed by atoms with Crippen LogP contribution in [0.15, 0.2) is 39.8 Å². The molecule has 0 aliphatic carbocycles. The zero-order valence-corrected chi connectivity index (χ0v) is 14.4. The monoisotopic (exact) mass is 327 g/mol. The molecule has 1 saturated heterocycles. The third-order valence-electron chi connectivity index (χ3n) is 4.53. The first-order chi connectivity index (χ1) is 11.6. The van der Waals surface area contributed by atoms with E-state index in [1.807, 2.05) is 37.3 Å². The van der Waals surface area contributed by atoms with Crippen molar-refractivity contribution in [1.82, 2.24) is 15.0 Å². The Hall–Kier alpha value is -2.37. The van der Waals surface area contributed by atoms with Crippen molar-refractivity contribution in [2.75, 3.05) is 19.6 Å². The molecule has 1 fully saturated rings. The molecule has 6 nitrogen and oxygen atoms in total. The Labute approximate surface area is 142 Å². The van der Waals surface area contributed by atoms with E-state index in [1.165, 1.54) is 12.8 Å². The summed E-state index contributed by atoms with van der Waals surface area (Å²) in [6.45, 7) is 6.84. The summed E-state index contributed by atoms with van der Waals surface area (Å²) in [6, 6.07) is 9.81. The number of nitrogens with zero attached hydrogens (tertiary/aromatic N) is 4. The molecule has 1 aromatic carbocycles. The highest BCUT2D eigenvalue weighted by atomic mass is 16.5. The highest BCUT2D eigenvalue weighted by Gasteiger charge is 2.18. The summed E-state index contributed by atoms with van der Waals surface area (Å²) in [7, 11) is 0. The fourth-order valence-electron chi connectivity index (χ4n) is 2.79. The van der Waals surface area contributed by atoms with Crippen molar-refractivity contribution in [3.8, 4) is 11.4 Å². The van der Waals surface area contributed by atoms with Gasteiger partial charge in [0.05, 0.1) is 12.5 Å². The Kier molecular flexibility index (Phi) is 5.13. The second-order valence-electron chi connectivity index (χ2n) is 6.59. The van der Waals surface area contributed by atoms with Gasteiger partial charge < -0.3 is 15.2 Å². The molecule has 6 heteroatoms. The number of aliphatic imine (C=N–C) groups is 1. The van der Waals surface area contributed by atoms with Gasteiger partial charge in [-0.15, -0.1) is 0 Å². The van der Waals surface area contributed by atoms with Crippen LogP contribution in [0.3, 0.4) is 0 Å². The van der Waals surface area contributed by atoms with Crippen LogP contribution in [0.5, 0.6) is 0 Å². The Balaban J connectivity index is 1.60. The van der Waals surface area contributed by atoms with E-state index < -0.39 is 0 Å². The molecule has 3 rings (SSSR count). The molecular formula is C18H25N5O. The third-order valence-corrected chi connectivity index (χ3v) is 4.53. The van der Waals surface area contributed by atoms with Crippen LogP contribution in [0.1, 0.15) is 38.5 Å². The fraction of sp³-hybridized carbons (Fsp3) is 0.500. The number of rotatable bonds is 4. The summed E-state index contributed by atoms with van der Waals surface area (Å²) in [5, 5.41) is 4.06. The summed E-state index contributed by atoms with van der Waals surface area (Å²) in [6.07, 6.45) is 2.35. The van der Waals surface area contributed by atoms with Gasteiger partial charge in [0.1, 0.15) is 0 Å². The van der Waals surface area contributed by atoms with Crippen molar-refractivity contribution in [2.45, 2.75) is 32.6 Å². The van der Waals surface area contributed by atoms with Crippen molar-refractivity contribution in [2.24, 2.45) is 16.6 Å². The van der Waals surface area contributed by atoms with Gasteiger partial charge in [-0.1, -0.05) is 49.3 Å². The van der Waals surface area contributed by atoms with Gasteiger partial charge in [-0.25, -0.2) is 0 Å². The number of hydrogen-bond donors (Lipinski definition) is 1. The quantitative estimate of drug-likeness (QED) is 0.690. The highest BCUT2D eigenvalue weighted by Crippen LogP contribution is 2.20. The number of guanidine groups is 1. The summed E-state index contributed by atoms with van der Waals surface area (Å²) >= 11 is 0. The standard InChI is InChI=1S/C18H25N5O/c1-13-8-10-23(11-9-13)18(19)20-12-14(2)17-21-16(22-24-17)15-6-4-3-5-7-15/h3-7,13-14H,8-12H2,1-2H3,(H2,19,20). The highest BCUT2D eigenvalue weighted by molar-refractivity contribution is 5.78. The first kappa shape index (κ1) is 16.5. The minimum absolute atomic E-state index is 0.0391. The molecule has 0 saturated carbocycles. The molecule has 24 heavy (non-hydrogen) atoms. The van der Waals surface area contributed by atoms with Gasteiger partial charge in [0, 0.05) is 18.7 Å². The SMILES string of the molecule is CC1CCN(C(N)=NCC(C)c2nc(-c3ccccc3)no2)CC1. The van der Waals surface area contributed by atoms with Crippen LogP contribution in [0.4, 0.5) is 0 Å². The molecule has 2 heterocycles. The lowest BCUT2D eigenvalue weighted by Gasteiger charge is -2.31. The normalized spacial score (nSPS) is 17.9. The smallest absolute Gasteiger partial charge is 0.231 e. The summed E-state index contributed by atoms with van der Waals surface area (Å²) < 4.78 is 5.39. The van der Waals surface area contributed by atoms with Crippen molar-refractivity contribution >= 4 is 5.96 Å². The maximum absolute atomic E-state index is 6.13. The Bertz CT molecular complexity index is 674. The number of aromatic nitrogens is 2. The predicted octanol–water partition coefficient (Wildman–Crippen LogP) is 2.89. The zero-order valence-electron chi connectivity index (χ0n) is 14.4. The lowest BCUT2D eigenvalue weighted by atomic mass is 10.00. The zero-order chi connectivity index (χ0) is 16.9. The Morgan fingerprint density at radius 3 is 2.75 bits per heavy atom. The molecule has 0 spiro atoms. The number of nitrogens with two attached hydrogens (primary N) is 1. The van der Waals surface area contributed by atoms with Gasteiger partial charge in [0.2, 0.25) is 11.7 Å². The Morgan fingerprint density at radius 1 is 1.33 bits per heavy atom. The van der Waals surface area contributed by atoms with Crippen LogP contribution in [0.25, 0.3) is 11.4 Å². The van der Waals surface area contributed by atoms with Crippen molar-refractivity contribution in [3.05, 3.63) is 36.2 Å². The lowest BCUT2D eigenvalue weighted by molar-refractivity contribution is 0.277. The molecule has 1 aromatic heterocycles. The van der Waals surface area contributed by atoms with Crippen molar-refractivity contribution in [1.29, 1.82) is 0 Å². The molecular weight excluding hydrogens is 302 g/mol. The van der Waals surface area contributed by atoms with Crippen molar-refractivity contribution < 1.29 is 4.52 Å². The molecule has 0 amide bonds. The van der Waals surface area contributed by atoms with Gasteiger partial charge >= 0.3 is 0 Å². The minimum atomic E-state index is 0.0391. The maximum Gasteiger partial charge on any atom is 0.231 e. The average Bonchev–Trinajstić information content (AvgIpc) is 3.11. The molecule has 0 bridgehead atoms. The first-order valence-electron chi connectivity index (χ1n) is 8.57. The number of likely N-dealkylation sites (tertiary alicyclic amines) is 1. The first-order valence-corrected chi connectivity index (χ1v) is 8.57. The van der Waals surface area contributed by atoms with E-state index in [0.717, 1.165) is 24.6 Å². The fourth-order valence-corrected chi connectivity index (χ4v) is 2.79. The Morgan fingerprint density at radius 2 is 2.04 bits per heavy atom. The van der Waals surface area contributed by atoms with E-state index in [9.17, 15) is 0 Å². The van der Waals surface area contributed by atoms with E-state index in [0.29, 0.717) is 24.2 Å². The van der Waals surface area contributed by atoms with Crippen LogP contribution >= 0.6 is 0 Å².